The van der Waals surface area contributed by atoms with Gasteiger partial charge in [-0.25, -0.2) is 0 Å². The predicted molar refractivity (Wildman–Crippen MR) is 87.9 cm³/mol. The van der Waals surface area contributed by atoms with Crippen LogP contribution in [0.5, 0.6) is 5.75 Å². The molecule has 0 heterocycles. The van der Waals surface area contributed by atoms with Crippen molar-refractivity contribution < 1.29 is 14.0 Å². The van der Waals surface area contributed by atoms with Crippen LogP contribution in [0.15, 0.2) is 24.3 Å². The van der Waals surface area contributed by atoms with Crippen molar-refractivity contribution in [3.8, 4) is 5.75 Å². The van der Waals surface area contributed by atoms with Crippen LogP contribution in [-0.4, -0.2) is 14.5 Å². The molecule has 0 atom stereocenters. The Balaban J connectivity index is 0.00000122. The van der Waals surface area contributed by atoms with Gasteiger partial charge in [-0.2, -0.15) is 9.59 Å². The summed E-state index contributed by atoms with van der Waals surface area (Å²) in [7, 11) is -1.79. The third-order valence-electron chi connectivity index (χ3n) is 3.99. The molecule has 0 unspecified atom stereocenters. The van der Waals surface area contributed by atoms with Gasteiger partial charge in [0, 0.05) is 0 Å². The van der Waals surface area contributed by atoms with Gasteiger partial charge < -0.3 is 4.43 Å². The van der Waals surface area contributed by atoms with Gasteiger partial charge >= 0.3 is 6.15 Å². The van der Waals surface area contributed by atoms with E-state index in [4.69, 9.17) is 14.0 Å². The molecule has 21 heavy (non-hydrogen) atoms. The van der Waals surface area contributed by atoms with Crippen LogP contribution < -0.4 is 4.43 Å². The molecule has 0 N–H and O–H groups in total. The maximum atomic E-state index is 8.12. The minimum Gasteiger partial charge on any atom is -0.543 e. The Kier molecular flexibility index (Phi) is 8.22. The van der Waals surface area contributed by atoms with Crippen molar-refractivity contribution in [2.45, 2.75) is 65.1 Å². The lowest BCUT2D eigenvalue weighted by Gasteiger charge is -2.42. The molecule has 0 radical (unpaired) electrons. The van der Waals surface area contributed by atoms with E-state index in [1.54, 1.807) is 0 Å². The first kappa shape index (κ1) is 19.6. The van der Waals surface area contributed by atoms with E-state index in [0.717, 1.165) is 5.75 Å². The molecule has 0 aliphatic rings. The van der Waals surface area contributed by atoms with Crippen molar-refractivity contribution in [2.24, 2.45) is 0 Å². The highest BCUT2D eigenvalue weighted by atomic mass is 28.4. The fourth-order valence-corrected chi connectivity index (χ4v) is 8.48. The number of benzene rings is 1. The van der Waals surface area contributed by atoms with E-state index in [1.807, 2.05) is 0 Å². The van der Waals surface area contributed by atoms with Gasteiger partial charge in [-0.05, 0) is 41.2 Å². The van der Waals surface area contributed by atoms with Gasteiger partial charge in [-0.1, -0.05) is 53.7 Å². The zero-order valence-electron chi connectivity index (χ0n) is 14.3. The highest BCUT2D eigenvalue weighted by molar-refractivity contribution is 6.78. The van der Waals surface area contributed by atoms with E-state index < -0.39 is 8.32 Å². The number of hydrogen-bond donors (Lipinski definition) is 0. The van der Waals surface area contributed by atoms with Crippen LogP contribution in [0.2, 0.25) is 16.6 Å². The van der Waals surface area contributed by atoms with Crippen molar-refractivity contribution in [1.82, 2.24) is 0 Å². The van der Waals surface area contributed by atoms with Crippen LogP contribution in [0.1, 0.15) is 47.1 Å². The van der Waals surface area contributed by atoms with Gasteiger partial charge in [0.05, 0.1) is 0 Å². The third kappa shape index (κ3) is 5.14. The SMILES string of the molecule is Cc1cccc(O[Si](C(C)C)(C(C)C)C(C)C)c1.O=C=O. The average Bonchev–Trinajstić information content (AvgIpc) is 2.35. The van der Waals surface area contributed by atoms with Gasteiger partial charge in [-0.3, -0.25) is 0 Å². The van der Waals surface area contributed by atoms with Crippen molar-refractivity contribution in [2.75, 3.05) is 0 Å². The predicted octanol–water partition coefficient (Wildman–Crippen LogP) is 4.97. The van der Waals surface area contributed by atoms with E-state index >= 15 is 0 Å². The maximum absolute atomic E-state index is 8.12. The second-order valence-corrected chi connectivity index (χ2v) is 11.7. The van der Waals surface area contributed by atoms with Crippen LogP contribution in [0.3, 0.4) is 0 Å². The quantitative estimate of drug-likeness (QED) is 0.722. The van der Waals surface area contributed by atoms with Crippen LogP contribution in [-0.2, 0) is 9.59 Å². The van der Waals surface area contributed by atoms with E-state index in [1.165, 1.54) is 5.56 Å². The van der Waals surface area contributed by atoms with Crippen LogP contribution in [0.4, 0.5) is 0 Å². The third-order valence-corrected chi connectivity index (χ3v) is 9.99. The van der Waals surface area contributed by atoms with E-state index in [9.17, 15) is 0 Å². The standard InChI is InChI=1S/C16H28OSi.CO2/c1-12(2)18(13(3)4,14(5)6)17-16-10-8-9-15(7)11-16;2-1-3/h8-14H,1-7H3;. The van der Waals surface area contributed by atoms with E-state index in [2.05, 4.69) is 72.7 Å². The highest BCUT2D eigenvalue weighted by Gasteiger charge is 2.46. The Morgan fingerprint density at radius 3 is 1.71 bits per heavy atom. The topological polar surface area (TPSA) is 43.4 Å². The summed E-state index contributed by atoms with van der Waals surface area (Å²) < 4.78 is 6.61. The summed E-state index contributed by atoms with van der Waals surface area (Å²) in [5.74, 6) is 1.05. The Bertz CT molecular complexity index is 439. The molecule has 0 fully saturated rings. The van der Waals surface area contributed by atoms with E-state index in [0.29, 0.717) is 16.6 Å². The van der Waals surface area contributed by atoms with Crippen LogP contribution >= 0.6 is 0 Å². The fourth-order valence-electron chi connectivity index (χ4n) is 3.24. The Labute approximate surface area is 129 Å². The zero-order valence-corrected chi connectivity index (χ0v) is 15.3. The van der Waals surface area contributed by atoms with Gasteiger partial charge in [0.1, 0.15) is 5.75 Å². The lowest BCUT2D eigenvalue weighted by Crippen LogP contribution is -2.50. The molecule has 3 nitrogen and oxygen atoms in total. The van der Waals surface area contributed by atoms with Crippen LogP contribution in [0.25, 0.3) is 0 Å². The summed E-state index contributed by atoms with van der Waals surface area (Å²) in [6.45, 7) is 16.0. The Hall–Kier alpha value is -1.38. The number of aryl methyl sites for hydroxylation is 1. The Morgan fingerprint density at radius 2 is 1.38 bits per heavy atom. The molecule has 4 heteroatoms. The molecule has 0 saturated carbocycles. The number of rotatable bonds is 5. The summed E-state index contributed by atoms with van der Waals surface area (Å²) in [5, 5.41) is 0. The number of carbonyl (C=O) groups excluding carboxylic acids is 2. The molecule has 118 valence electrons. The molecular weight excluding hydrogens is 280 g/mol. The van der Waals surface area contributed by atoms with Crippen molar-refractivity contribution in [1.29, 1.82) is 0 Å². The van der Waals surface area contributed by atoms with Gasteiger partial charge in [0.25, 0.3) is 8.32 Å². The van der Waals surface area contributed by atoms with Crippen molar-refractivity contribution in [3.63, 3.8) is 0 Å². The smallest absolute Gasteiger partial charge is 0.373 e. The molecule has 0 aliphatic heterocycles. The molecule has 1 aromatic rings. The van der Waals surface area contributed by atoms with E-state index in [-0.39, 0.29) is 6.15 Å². The highest BCUT2D eigenvalue weighted by Crippen LogP contribution is 2.42. The maximum Gasteiger partial charge on any atom is 0.373 e. The minimum absolute atomic E-state index is 0.250. The Morgan fingerprint density at radius 1 is 0.952 bits per heavy atom. The molecule has 0 bridgehead atoms. The summed E-state index contributed by atoms with van der Waals surface area (Å²) in [5.41, 5.74) is 3.14. The zero-order chi connectivity index (χ0) is 16.6. The molecule has 0 saturated heterocycles. The fraction of sp³-hybridized carbons (Fsp3) is 0.588. The molecule has 1 aromatic carbocycles. The average molecular weight is 308 g/mol. The molecular formula is C17H28O3Si. The first-order valence-electron chi connectivity index (χ1n) is 7.47. The molecule has 0 aromatic heterocycles. The summed E-state index contributed by atoms with van der Waals surface area (Å²) in [6, 6.07) is 8.47. The second-order valence-electron chi connectivity index (χ2n) is 6.32. The minimum atomic E-state index is -1.79. The summed E-state index contributed by atoms with van der Waals surface area (Å²) in [4.78, 5) is 16.2. The molecule has 0 spiro atoms. The molecule has 0 aliphatic carbocycles. The molecule has 0 amide bonds. The van der Waals surface area contributed by atoms with Gasteiger partial charge in [0.15, 0.2) is 0 Å². The number of hydrogen-bond acceptors (Lipinski definition) is 3. The first-order valence-corrected chi connectivity index (χ1v) is 9.61. The summed E-state index contributed by atoms with van der Waals surface area (Å²) >= 11 is 0. The first-order chi connectivity index (χ1) is 9.72. The largest absolute Gasteiger partial charge is 0.543 e. The lowest BCUT2D eigenvalue weighted by atomic mass is 10.2. The van der Waals surface area contributed by atoms with Crippen molar-refractivity contribution >= 4 is 14.5 Å². The van der Waals surface area contributed by atoms with Gasteiger partial charge in [0.2, 0.25) is 0 Å². The normalized spacial score (nSPS) is 11.1. The van der Waals surface area contributed by atoms with Crippen molar-refractivity contribution in [3.05, 3.63) is 29.8 Å². The molecule has 1 rings (SSSR count). The van der Waals surface area contributed by atoms with Crippen LogP contribution in [0, 0.1) is 6.92 Å². The summed E-state index contributed by atoms with van der Waals surface area (Å²) in [6.07, 6.45) is 0.250. The second kappa shape index (κ2) is 8.80. The lowest BCUT2D eigenvalue weighted by molar-refractivity contribution is -0.191. The monoisotopic (exact) mass is 308 g/mol. The van der Waals surface area contributed by atoms with Gasteiger partial charge in [-0.15, -0.1) is 0 Å².